The number of rotatable bonds is 8. The number of para-hydroxylation sites is 2. The van der Waals surface area contributed by atoms with Crippen LogP contribution in [-0.2, 0) is 16.1 Å². The smallest absolute Gasteiger partial charge is 0.237 e. The lowest BCUT2D eigenvalue weighted by molar-refractivity contribution is -0.134. The fourth-order valence-electron chi connectivity index (χ4n) is 4.58. The summed E-state index contributed by atoms with van der Waals surface area (Å²) in [5.74, 6) is 0.461. The van der Waals surface area contributed by atoms with Crippen molar-refractivity contribution >= 4 is 17.3 Å². The first kappa shape index (κ1) is 23.4. The van der Waals surface area contributed by atoms with Crippen molar-refractivity contribution in [3.63, 3.8) is 0 Å². The second kappa shape index (κ2) is 10.9. The van der Waals surface area contributed by atoms with Gasteiger partial charge in [0.15, 0.2) is 0 Å². The zero-order valence-electron chi connectivity index (χ0n) is 19.8. The zero-order chi connectivity index (χ0) is 23.2. The summed E-state index contributed by atoms with van der Waals surface area (Å²) in [6.07, 6.45) is 2.22. The summed E-state index contributed by atoms with van der Waals surface area (Å²) in [6, 6.07) is 15.9. The third-order valence-corrected chi connectivity index (χ3v) is 6.58. The summed E-state index contributed by atoms with van der Waals surface area (Å²) >= 11 is 0. The van der Waals surface area contributed by atoms with Crippen LogP contribution in [0, 0.1) is 0 Å². The van der Waals surface area contributed by atoms with Gasteiger partial charge >= 0.3 is 0 Å². The molecule has 2 aromatic rings. The molecule has 4 rings (SSSR count). The van der Waals surface area contributed by atoms with Crippen LogP contribution < -0.4 is 9.80 Å². The maximum absolute atomic E-state index is 13.4. The topological polar surface area (TPSA) is 59.5 Å². The summed E-state index contributed by atoms with van der Waals surface area (Å²) in [5.41, 5.74) is 3.15. The summed E-state index contributed by atoms with van der Waals surface area (Å²) < 4.78 is 5.84. The number of phenols is 1. The molecule has 7 nitrogen and oxygen atoms in total. The van der Waals surface area contributed by atoms with E-state index in [2.05, 4.69) is 39.0 Å². The second-order valence-corrected chi connectivity index (χ2v) is 9.22. The number of anilines is 2. The molecule has 33 heavy (non-hydrogen) atoms. The fraction of sp³-hybridized carbons (Fsp3) is 0.500. The predicted molar refractivity (Wildman–Crippen MR) is 132 cm³/mol. The molecular formula is C26H36N4O3. The first-order chi connectivity index (χ1) is 16.0. The van der Waals surface area contributed by atoms with Crippen LogP contribution in [0.25, 0.3) is 0 Å². The Kier molecular flexibility index (Phi) is 7.73. The van der Waals surface area contributed by atoms with Gasteiger partial charge in [-0.1, -0.05) is 24.3 Å². The van der Waals surface area contributed by atoms with Gasteiger partial charge < -0.3 is 24.5 Å². The van der Waals surface area contributed by atoms with Crippen molar-refractivity contribution < 1.29 is 14.6 Å². The second-order valence-electron chi connectivity index (χ2n) is 9.22. The van der Waals surface area contributed by atoms with Crippen LogP contribution in [0.15, 0.2) is 48.5 Å². The Morgan fingerprint density at radius 3 is 2.42 bits per heavy atom. The number of hydrogen-bond donors (Lipinski definition) is 1. The molecule has 2 aromatic carbocycles. The third-order valence-electron chi connectivity index (χ3n) is 6.58. The minimum atomic E-state index is 0.132. The van der Waals surface area contributed by atoms with Crippen LogP contribution >= 0.6 is 0 Å². The van der Waals surface area contributed by atoms with Crippen molar-refractivity contribution in [2.24, 2.45) is 0 Å². The summed E-state index contributed by atoms with van der Waals surface area (Å²) in [5, 5.41) is 10.1. The maximum Gasteiger partial charge on any atom is 0.237 e. The first-order valence-electron chi connectivity index (χ1n) is 11.9. The Morgan fingerprint density at radius 1 is 1.06 bits per heavy atom. The van der Waals surface area contributed by atoms with E-state index >= 15 is 0 Å². The molecule has 0 aliphatic carbocycles. The van der Waals surface area contributed by atoms with E-state index in [0.29, 0.717) is 25.4 Å². The number of aromatic hydroxyl groups is 1. The molecule has 0 radical (unpaired) electrons. The molecular weight excluding hydrogens is 416 g/mol. The molecule has 2 aliphatic heterocycles. The van der Waals surface area contributed by atoms with Crippen molar-refractivity contribution in [1.29, 1.82) is 0 Å². The van der Waals surface area contributed by atoms with Crippen LogP contribution in [0.3, 0.4) is 0 Å². The Balaban J connectivity index is 1.36. The first-order valence-corrected chi connectivity index (χ1v) is 11.9. The molecule has 0 unspecified atom stereocenters. The fourth-order valence-corrected chi connectivity index (χ4v) is 4.58. The van der Waals surface area contributed by atoms with Gasteiger partial charge in [-0.3, -0.25) is 9.69 Å². The van der Waals surface area contributed by atoms with E-state index in [9.17, 15) is 9.90 Å². The molecule has 0 aromatic heterocycles. The van der Waals surface area contributed by atoms with Crippen molar-refractivity contribution in [3.8, 4) is 5.75 Å². The third kappa shape index (κ3) is 6.18. The van der Waals surface area contributed by atoms with Crippen molar-refractivity contribution in [2.75, 3.05) is 69.8 Å². The predicted octanol–water partition coefficient (Wildman–Crippen LogP) is 2.79. The lowest BCUT2D eigenvalue weighted by Gasteiger charge is -2.37. The zero-order valence-corrected chi connectivity index (χ0v) is 19.8. The molecule has 2 saturated heterocycles. The standard InChI is InChI=1S/C26H36N4O3/c1-27(2)22-11-9-21(10-12-22)18-30(19-23-6-5-17-33-23)26(32)20-28-13-15-29(16-14-28)24-7-3-4-8-25(24)31/h3-4,7-12,23,31H,5-6,13-20H2,1-2H3/t23-/m1/s1. The van der Waals surface area contributed by atoms with Gasteiger partial charge in [0, 0.05) is 65.7 Å². The van der Waals surface area contributed by atoms with Gasteiger partial charge in [0.25, 0.3) is 0 Å². The van der Waals surface area contributed by atoms with Gasteiger partial charge in [0.1, 0.15) is 5.75 Å². The van der Waals surface area contributed by atoms with Crippen LogP contribution in [0.2, 0.25) is 0 Å². The quantitative estimate of drug-likeness (QED) is 0.665. The van der Waals surface area contributed by atoms with E-state index in [4.69, 9.17) is 4.74 Å². The summed E-state index contributed by atoms with van der Waals surface area (Å²) in [6.45, 7) is 5.63. The molecule has 1 N–H and O–H groups in total. The minimum absolute atomic E-state index is 0.132. The molecule has 0 spiro atoms. The number of carbonyl (C=O) groups excluding carboxylic acids is 1. The van der Waals surface area contributed by atoms with Gasteiger partial charge in [-0.2, -0.15) is 0 Å². The number of ether oxygens (including phenoxy) is 1. The number of hydrogen-bond acceptors (Lipinski definition) is 6. The number of benzene rings is 2. The molecule has 2 fully saturated rings. The van der Waals surface area contributed by atoms with Crippen molar-refractivity contribution in [2.45, 2.75) is 25.5 Å². The SMILES string of the molecule is CN(C)c1ccc(CN(C[C@H]2CCCO2)C(=O)CN2CCN(c3ccccc3O)CC2)cc1. The Bertz CT molecular complexity index is 904. The Hall–Kier alpha value is -2.77. The van der Waals surface area contributed by atoms with E-state index in [1.165, 1.54) is 0 Å². The van der Waals surface area contributed by atoms with E-state index in [-0.39, 0.29) is 12.0 Å². The lowest BCUT2D eigenvalue weighted by Crippen LogP contribution is -2.50. The molecule has 2 aliphatic rings. The van der Waals surface area contributed by atoms with Crippen LogP contribution in [-0.4, -0.2) is 86.9 Å². The Labute approximate surface area is 197 Å². The normalized spacial score (nSPS) is 19.0. The highest BCUT2D eigenvalue weighted by Crippen LogP contribution is 2.27. The molecule has 1 atom stereocenters. The number of carbonyl (C=O) groups is 1. The average molecular weight is 453 g/mol. The summed E-state index contributed by atoms with van der Waals surface area (Å²) in [4.78, 5) is 21.8. The van der Waals surface area contributed by atoms with Gasteiger partial charge in [0.05, 0.1) is 18.3 Å². The maximum atomic E-state index is 13.4. The minimum Gasteiger partial charge on any atom is -0.506 e. The number of nitrogens with zero attached hydrogens (tertiary/aromatic N) is 4. The number of piperazine rings is 1. The average Bonchev–Trinajstić information content (AvgIpc) is 3.33. The van der Waals surface area contributed by atoms with Gasteiger partial charge in [-0.05, 0) is 42.7 Å². The van der Waals surface area contributed by atoms with Crippen LogP contribution in [0.4, 0.5) is 11.4 Å². The largest absolute Gasteiger partial charge is 0.506 e. The van der Waals surface area contributed by atoms with E-state index < -0.39 is 0 Å². The molecule has 0 bridgehead atoms. The van der Waals surface area contributed by atoms with Crippen molar-refractivity contribution in [3.05, 3.63) is 54.1 Å². The van der Waals surface area contributed by atoms with Crippen LogP contribution in [0.5, 0.6) is 5.75 Å². The van der Waals surface area contributed by atoms with Crippen molar-refractivity contribution in [1.82, 2.24) is 9.80 Å². The van der Waals surface area contributed by atoms with Crippen LogP contribution in [0.1, 0.15) is 18.4 Å². The molecule has 0 saturated carbocycles. The number of amides is 1. The highest BCUT2D eigenvalue weighted by atomic mass is 16.5. The van der Waals surface area contributed by atoms with E-state index in [1.807, 2.05) is 37.2 Å². The van der Waals surface area contributed by atoms with E-state index in [1.54, 1.807) is 6.07 Å². The van der Waals surface area contributed by atoms with E-state index in [0.717, 1.165) is 62.6 Å². The molecule has 2 heterocycles. The van der Waals surface area contributed by atoms with Gasteiger partial charge in [0.2, 0.25) is 5.91 Å². The Morgan fingerprint density at radius 2 is 1.79 bits per heavy atom. The highest BCUT2D eigenvalue weighted by Gasteiger charge is 2.26. The summed E-state index contributed by atoms with van der Waals surface area (Å²) in [7, 11) is 4.06. The molecule has 7 heteroatoms. The monoisotopic (exact) mass is 452 g/mol. The molecule has 1 amide bonds. The molecule has 178 valence electrons. The lowest BCUT2D eigenvalue weighted by atomic mass is 10.1. The highest BCUT2D eigenvalue weighted by molar-refractivity contribution is 5.78. The van der Waals surface area contributed by atoms with Gasteiger partial charge in [-0.25, -0.2) is 0 Å². The number of phenolic OH excluding ortho intramolecular Hbond substituents is 1. The van der Waals surface area contributed by atoms with Gasteiger partial charge in [-0.15, -0.1) is 0 Å².